The number of fused-ring (bicyclic) bond motifs is 3. The second-order valence-corrected chi connectivity index (χ2v) is 9.97. The molecule has 0 saturated heterocycles. The topological polar surface area (TPSA) is 104 Å². The summed E-state index contributed by atoms with van der Waals surface area (Å²) < 4.78 is 28.6. The maximum Gasteiger partial charge on any atom is 0.312 e. The van der Waals surface area contributed by atoms with Crippen molar-refractivity contribution in [1.29, 1.82) is 0 Å². The maximum atomic E-state index is 13.5. The van der Waals surface area contributed by atoms with E-state index in [4.69, 9.17) is 23.4 Å². The van der Waals surface area contributed by atoms with Crippen molar-refractivity contribution in [1.82, 2.24) is 0 Å². The van der Waals surface area contributed by atoms with Crippen LogP contribution in [0.15, 0.2) is 94.3 Å². The first-order chi connectivity index (χ1) is 20.4. The van der Waals surface area contributed by atoms with Crippen molar-refractivity contribution in [3.8, 4) is 39.9 Å². The molecule has 1 aliphatic rings. The van der Waals surface area contributed by atoms with Gasteiger partial charge in [-0.25, -0.2) is 0 Å². The third kappa shape index (κ3) is 5.14. The quantitative estimate of drug-likeness (QED) is 0.174. The van der Waals surface area contributed by atoms with Crippen LogP contribution in [0, 0.1) is 0 Å². The molecule has 0 radical (unpaired) electrons. The number of carbonyl (C=O) groups is 1. The molecule has 0 fully saturated rings. The molecule has 0 bridgehead atoms. The van der Waals surface area contributed by atoms with Crippen molar-refractivity contribution >= 4 is 16.9 Å². The Hall–Kier alpha value is -5.24. The SMILES string of the molecule is COc1ccc(CCOc2cc([C@@H]3CC(=O)Oc4ccc5c(=O)c(-c6ccc(O)cc6)coc5c43)ccc2OC)cc1. The van der Waals surface area contributed by atoms with E-state index in [0.717, 1.165) is 16.9 Å². The van der Waals surface area contributed by atoms with Gasteiger partial charge >= 0.3 is 5.97 Å². The van der Waals surface area contributed by atoms with Crippen molar-refractivity contribution in [2.24, 2.45) is 0 Å². The average molecular weight is 565 g/mol. The Morgan fingerprint density at radius 3 is 2.40 bits per heavy atom. The summed E-state index contributed by atoms with van der Waals surface area (Å²) in [4.78, 5) is 26.2. The summed E-state index contributed by atoms with van der Waals surface area (Å²) in [6.45, 7) is 0.410. The second-order valence-electron chi connectivity index (χ2n) is 9.97. The summed E-state index contributed by atoms with van der Waals surface area (Å²) in [5.41, 5.74) is 3.64. The van der Waals surface area contributed by atoms with E-state index in [9.17, 15) is 14.7 Å². The fourth-order valence-corrected chi connectivity index (χ4v) is 5.27. The Kier molecular flexibility index (Phi) is 7.27. The van der Waals surface area contributed by atoms with Crippen molar-refractivity contribution in [3.63, 3.8) is 0 Å². The molecule has 0 aliphatic carbocycles. The highest BCUT2D eigenvalue weighted by atomic mass is 16.5. The molecule has 6 rings (SSSR count). The average Bonchev–Trinajstić information content (AvgIpc) is 3.01. The molecule has 5 aromatic rings. The smallest absolute Gasteiger partial charge is 0.312 e. The Morgan fingerprint density at radius 1 is 0.881 bits per heavy atom. The van der Waals surface area contributed by atoms with Gasteiger partial charge in [0.15, 0.2) is 11.5 Å². The number of phenols is 1. The molecule has 42 heavy (non-hydrogen) atoms. The first-order valence-corrected chi connectivity index (χ1v) is 13.5. The van der Waals surface area contributed by atoms with E-state index < -0.39 is 5.92 Å². The highest BCUT2D eigenvalue weighted by molar-refractivity contribution is 5.90. The van der Waals surface area contributed by atoms with Gasteiger partial charge in [-0.05, 0) is 65.2 Å². The molecule has 8 heteroatoms. The predicted octanol–water partition coefficient (Wildman–Crippen LogP) is 6.25. The minimum Gasteiger partial charge on any atom is -0.508 e. The Labute approximate surface area is 241 Å². The molecule has 0 spiro atoms. The lowest BCUT2D eigenvalue weighted by Gasteiger charge is -2.26. The Bertz CT molecular complexity index is 1820. The lowest BCUT2D eigenvalue weighted by atomic mass is 9.85. The van der Waals surface area contributed by atoms with Crippen LogP contribution in [0.5, 0.6) is 28.7 Å². The zero-order valence-corrected chi connectivity index (χ0v) is 23.1. The summed E-state index contributed by atoms with van der Waals surface area (Å²) >= 11 is 0. The van der Waals surface area contributed by atoms with Gasteiger partial charge in [0.05, 0.1) is 38.2 Å². The summed E-state index contributed by atoms with van der Waals surface area (Å²) in [5, 5.41) is 10.0. The van der Waals surface area contributed by atoms with Crippen molar-refractivity contribution in [2.45, 2.75) is 18.8 Å². The minimum atomic E-state index is -0.442. The molecule has 0 amide bonds. The predicted molar refractivity (Wildman–Crippen MR) is 157 cm³/mol. The van der Waals surface area contributed by atoms with Crippen LogP contribution in [0.25, 0.3) is 22.1 Å². The maximum absolute atomic E-state index is 13.5. The largest absolute Gasteiger partial charge is 0.508 e. The van der Waals surface area contributed by atoms with E-state index in [-0.39, 0.29) is 23.6 Å². The molecule has 1 N–H and O–H groups in total. The van der Waals surface area contributed by atoms with Crippen LogP contribution in [0.3, 0.4) is 0 Å². The highest BCUT2D eigenvalue weighted by Gasteiger charge is 2.33. The van der Waals surface area contributed by atoms with Gasteiger partial charge in [0.25, 0.3) is 0 Å². The van der Waals surface area contributed by atoms with Crippen LogP contribution in [0.2, 0.25) is 0 Å². The molecule has 4 aromatic carbocycles. The van der Waals surface area contributed by atoms with Crippen molar-refractivity contribution < 1.29 is 33.3 Å². The molecule has 2 heterocycles. The third-order valence-electron chi connectivity index (χ3n) is 7.46. The molecule has 0 unspecified atom stereocenters. The Morgan fingerprint density at radius 2 is 1.67 bits per heavy atom. The molecule has 212 valence electrons. The standard InChI is InChI=1S/C34H28O8/c1-38-24-10-3-20(4-11-24)15-16-40-30-17-22(7-13-28(30)39-2)26-18-31(36)42-29-14-12-25-33(37)27(19-41-34(25)32(26)29)21-5-8-23(35)9-6-21/h3-14,17,19,26,35H,15-16,18H2,1-2H3/t26-/m0/s1. The van der Waals surface area contributed by atoms with Gasteiger partial charge in [0.2, 0.25) is 5.43 Å². The lowest BCUT2D eigenvalue weighted by Crippen LogP contribution is -2.22. The zero-order valence-electron chi connectivity index (χ0n) is 23.1. The van der Waals surface area contributed by atoms with Gasteiger partial charge < -0.3 is 28.5 Å². The number of hydrogen-bond acceptors (Lipinski definition) is 8. The number of aromatic hydroxyl groups is 1. The summed E-state index contributed by atoms with van der Waals surface area (Å²) in [5.74, 6) is 1.53. The van der Waals surface area contributed by atoms with E-state index in [2.05, 4.69) is 0 Å². The van der Waals surface area contributed by atoms with Crippen LogP contribution in [0.1, 0.15) is 29.0 Å². The molecular formula is C34H28O8. The van der Waals surface area contributed by atoms with E-state index in [1.807, 2.05) is 42.5 Å². The summed E-state index contributed by atoms with van der Waals surface area (Å²) in [6, 6.07) is 22.9. The normalized spacial score (nSPS) is 14.2. The number of phenolic OH excluding ortho intramolecular Hbond substituents is 1. The molecule has 0 saturated carbocycles. The molecule has 1 aromatic heterocycles. The second kappa shape index (κ2) is 11.3. The van der Waals surface area contributed by atoms with Crippen molar-refractivity contribution in [2.75, 3.05) is 20.8 Å². The molecular weight excluding hydrogens is 536 g/mol. The number of carbonyl (C=O) groups excluding carboxylic acids is 1. The number of esters is 1. The number of hydrogen-bond donors (Lipinski definition) is 1. The van der Waals surface area contributed by atoms with Crippen LogP contribution in [-0.4, -0.2) is 31.9 Å². The minimum absolute atomic E-state index is 0.0627. The fraction of sp³-hybridized carbons (Fsp3) is 0.176. The van der Waals surface area contributed by atoms with E-state index in [1.54, 1.807) is 38.5 Å². The third-order valence-corrected chi connectivity index (χ3v) is 7.46. The van der Waals surface area contributed by atoms with Gasteiger partial charge in [0, 0.05) is 17.9 Å². The van der Waals surface area contributed by atoms with Crippen LogP contribution < -0.4 is 24.4 Å². The first-order valence-electron chi connectivity index (χ1n) is 13.5. The summed E-state index contributed by atoms with van der Waals surface area (Å²) in [6.07, 6.45) is 2.15. The van der Waals surface area contributed by atoms with E-state index in [0.29, 0.717) is 57.9 Å². The fourth-order valence-electron chi connectivity index (χ4n) is 5.27. The zero-order chi connectivity index (χ0) is 29.2. The molecule has 8 nitrogen and oxygen atoms in total. The van der Waals surface area contributed by atoms with Crippen LogP contribution in [0.4, 0.5) is 0 Å². The molecule has 1 atom stereocenters. The van der Waals surface area contributed by atoms with Crippen LogP contribution in [-0.2, 0) is 11.2 Å². The number of benzene rings is 4. The van der Waals surface area contributed by atoms with Gasteiger partial charge in [-0.2, -0.15) is 0 Å². The highest BCUT2D eigenvalue weighted by Crippen LogP contribution is 2.44. The van der Waals surface area contributed by atoms with Gasteiger partial charge in [-0.15, -0.1) is 0 Å². The lowest BCUT2D eigenvalue weighted by molar-refractivity contribution is -0.135. The molecule has 1 aliphatic heterocycles. The first kappa shape index (κ1) is 27.0. The number of rotatable bonds is 8. The van der Waals surface area contributed by atoms with Gasteiger partial charge in [-0.3, -0.25) is 9.59 Å². The van der Waals surface area contributed by atoms with Crippen molar-refractivity contribution in [3.05, 3.63) is 112 Å². The summed E-state index contributed by atoms with van der Waals surface area (Å²) in [7, 11) is 3.21. The van der Waals surface area contributed by atoms with Gasteiger partial charge in [-0.1, -0.05) is 30.3 Å². The number of methoxy groups -OCH3 is 2. The van der Waals surface area contributed by atoms with Gasteiger partial charge in [0.1, 0.15) is 29.1 Å². The van der Waals surface area contributed by atoms with E-state index in [1.165, 1.54) is 18.4 Å². The van der Waals surface area contributed by atoms with E-state index >= 15 is 0 Å². The van der Waals surface area contributed by atoms with Crippen LogP contribution >= 0.6 is 0 Å². The monoisotopic (exact) mass is 564 g/mol. The number of ether oxygens (including phenoxy) is 4. The Balaban J connectivity index is 1.35.